The van der Waals surface area contributed by atoms with Gasteiger partial charge in [0.05, 0.1) is 25.4 Å². The first kappa shape index (κ1) is 32.6. The highest BCUT2D eigenvalue weighted by atomic mass is 15.4. The first-order valence-corrected chi connectivity index (χ1v) is 19.5. The van der Waals surface area contributed by atoms with Gasteiger partial charge < -0.3 is 19.6 Å². The van der Waals surface area contributed by atoms with Crippen molar-refractivity contribution in [2.75, 3.05) is 26.4 Å². The molecule has 6 aromatic carbocycles. The fourth-order valence-electron chi connectivity index (χ4n) is 10.2. The van der Waals surface area contributed by atoms with Crippen molar-refractivity contribution < 1.29 is 0 Å². The Hall–Kier alpha value is -6.00. The second kappa shape index (κ2) is 14.1. The van der Waals surface area contributed by atoms with Gasteiger partial charge in [-0.3, -0.25) is 0 Å². The second-order valence-electron chi connectivity index (χ2n) is 15.4. The fourth-order valence-corrected chi connectivity index (χ4v) is 10.2. The van der Waals surface area contributed by atoms with Gasteiger partial charge in [0.25, 0.3) is 0 Å². The van der Waals surface area contributed by atoms with Crippen LogP contribution in [0.25, 0.3) is 0 Å². The fraction of sp³-hybridized carbons (Fsp3) is 0.200. The predicted octanol–water partition coefficient (Wildman–Crippen LogP) is 10.2. The highest BCUT2D eigenvalue weighted by Gasteiger charge is 2.50. The number of hydrogen-bond donors (Lipinski definition) is 0. The molecule has 0 N–H and O–H groups in total. The minimum Gasteiger partial charge on any atom is -0.358 e. The van der Waals surface area contributed by atoms with Crippen molar-refractivity contribution in [3.63, 3.8) is 0 Å². The Labute approximate surface area is 319 Å². The van der Waals surface area contributed by atoms with E-state index in [0.717, 1.165) is 26.4 Å². The van der Waals surface area contributed by atoms with Crippen LogP contribution in [0, 0.1) is 11.8 Å². The Kier molecular flexibility index (Phi) is 8.52. The first-order valence-electron chi connectivity index (χ1n) is 19.5. The van der Waals surface area contributed by atoms with Crippen molar-refractivity contribution in [1.29, 1.82) is 0 Å². The van der Waals surface area contributed by atoms with Gasteiger partial charge >= 0.3 is 0 Å². The Bertz CT molecular complexity index is 1970. The van der Waals surface area contributed by atoms with Crippen molar-refractivity contribution >= 4 is 0 Å². The van der Waals surface area contributed by atoms with Gasteiger partial charge in [0.1, 0.15) is 0 Å². The summed E-state index contributed by atoms with van der Waals surface area (Å²) in [5.41, 5.74) is 11.4. The van der Waals surface area contributed by atoms with Crippen molar-refractivity contribution in [3.8, 4) is 0 Å². The second-order valence-corrected chi connectivity index (χ2v) is 15.4. The number of fused-ring (bicyclic) bond motifs is 1. The molecule has 2 bridgehead atoms. The van der Waals surface area contributed by atoms with Crippen LogP contribution in [-0.2, 0) is 0 Å². The average Bonchev–Trinajstić information content (AvgIpc) is 3.90. The molecular weight excluding hydrogens is 657 g/mol. The van der Waals surface area contributed by atoms with Crippen LogP contribution >= 0.6 is 0 Å². The van der Waals surface area contributed by atoms with Crippen LogP contribution in [0.5, 0.6) is 0 Å². The van der Waals surface area contributed by atoms with Crippen LogP contribution in [-0.4, -0.2) is 46.0 Å². The van der Waals surface area contributed by atoms with Gasteiger partial charge in [-0.1, -0.05) is 170 Å². The molecule has 11 rings (SSSR count). The normalized spacial score (nSPS) is 21.0. The molecule has 4 heteroatoms. The van der Waals surface area contributed by atoms with Crippen LogP contribution in [0.3, 0.4) is 0 Å². The third-order valence-corrected chi connectivity index (χ3v) is 12.4. The summed E-state index contributed by atoms with van der Waals surface area (Å²) in [4.78, 5) is 10.2. The maximum atomic E-state index is 2.59. The summed E-state index contributed by atoms with van der Waals surface area (Å²) < 4.78 is 0. The SMILES string of the molecule is C1=CN(C(c2ccccc2)c2ccccc2)CN1CC1C2c3ccccc3C(c3ccccc32)C1CN1C=CN(C(c2ccccc2)c2ccccc2)C1. The van der Waals surface area contributed by atoms with Gasteiger partial charge in [-0.2, -0.15) is 0 Å². The molecule has 0 spiro atoms. The number of hydrogen-bond acceptors (Lipinski definition) is 4. The van der Waals surface area contributed by atoms with Crippen molar-refractivity contribution in [2.24, 2.45) is 11.8 Å². The highest BCUT2D eigenvalue weighted by molar-refractivity contribution is 5.57. The van der Waals surface area contributed by atoms with Crippen LogP contribution in [0.15, 0.2) is 195 Å². The number of benzene rings is 6. The van der Waals surface area contributed by atoms with E-state index < -0.39 is 0 Å². The Morgan fingerprint density at radius 3 is 0.926 bits per heavy atom. The molecular formula is C50H46N4. The van der Waals surface area contributed by atoms with Gasteiger partial charge in [0, 0.05) is 49.7 Å². The summed E-state index contributed by atoms with van der Waals surface area (Å²) in [5.74, 6) is 1.63. The molecule has 0 radical (unpaired) electrons. The van der Waals surface area contributed by atoms with Gasteiger partial charge in [0.15, 0.2) is 0 Å². The lowest BCUT2D eigenvalue weighted by Crippen LogP contribution is -2.48. The lowest BCUT2D eigenvalue weighted by Gasteiger charge is -2.52. The van der Waals surface area contributed by atoms with E-state index in [4.69, 9.17) is 0 Å². The number of rotatable bonds is 10. The van der Waals surface area contributed by atoms with Crippen LogP contribution in [0.2, 0.25) is 0 Å². The molecule has 2 unspecified atom stereocenters. The molecule has 2 heterocycles. The van der Waals surface area contributed by atoms with E-state index >= 15 is 0 Å². The highest BCUT2D eigenvalue weighted by Crippen LogP contribution is 2.59. The Morgan fingerprint density at radius 2 is 0.630 bits per heavy atom. The third-order valence-electron chi connectivity index (χ3n) is 12.4. The van der Waals surface area contributed by atoms with E-state index in [1.807, 2.05) is 0 Å². The minimum atomic E-state index is 0.164. The van der Waals surface area contributed by atoms with E-state index in [2.05, 4.69) is 214 Å². The third kappa shape index (κ3) is 5.87. The quantitative estimate of drug-likeness (QED) is 0.141. The van der Waals surface area contributed by atoms with Crippen molar-refractivity contribution in [1.82, 2.24) is 19.6 Å². The summed E-state index contributed by atoms with van der Waals surface area (Å²) >= 11 is 0. The minimum absolute atomic E-state index is 0.164. The Balaban J connectivity index is 0.962. The molecule has 54 heavy (non-hydrogen) atoms. The van der Waals surface area contributed by atoms with Crippen LogP contribution < -0.4 is 0 Å². The molecule has 2 atom stereocenters. The van der Waals surface area contributed by atoms with Crippen molar-refractivity contribution in [2.45, 2.75) is 23.9 Å². The smallest absolute Gasteiger partial charge is 0.0902 e. The van der Waals surface area contributed by atoms with Crippen LogP contribution in [0.1, 0.15) is 68.4 Å². The van der Waals surface area contributed by atoms with E-state index in [-0.39, 0.29) is 12.1 Å². The lowest BCUT2D eigenvalue weighted by molar-refractivity contribution is 0.117. The summed E-state index contributed by atoms with van der Waals surface area (Å²) in [6.07, 6.45) is 9.38. The van der Waals surface area contributed by atoms with E-state index in [9.17, 15) is 0 Å². The Morgan fingerprint density at radius 1 is 0.352 bits per heavy atom. The topological polar surface area (TPSA) is 13.0 Å². The molecule has 0 saturated heterocycles. The molecule has 0 aromatic heterocycles. The zero-order valence-corrected chi connectivity index (χ0v) is 30.6. The van der Waals surface area contributed by atoms with Gasteiger partial charge in [-0.25, -0.2) is 0 Å². The van der Waals surface area contributed by atoms with E-state index in [1.165, 1.54) is 44.5 Å². The molecule has 4 nitrogen and oxygen atoms in total. The van der Waals surface area contributed by atoms with E-state index in [0.29, 0.717) is 23.7 Å². The summed E-state index contributed by atoms with van der Waals surface area (Å²) in [6, 6.07) is 62.9. The zero-order chi connectivity index (χ0) is 35.8. The van der Waals surface area contributed by atoms with Gasteiger partial charge in [0.2, 0.25) is 0 Å². The largest absolute Gasteiger partial charge is 0.358 e. The van der Waals surface area contributed by atoms with E-state index in [1.54, 1.807) is 0 Å². The maximum absolute atomic E-state index is 2.59. The molecule has 0 amide bonds. The monoisotopic (exact) mass is 702 g/mol. The summed E-state index contributed by atoms with van der Waals surface area (Å²) in [5, 5.41) is 0. The molecule has 6 aromatic rings. The zero-order valence-electron chi connectivity index (χ0n) is 30.6. The molecule has 3 aliphatic carbocycles. The van der Waals surface area contributed by atoms with Crippen LogP contribution in [0.4, 0.5) is 0 Å². The van der Waals surface area contributed by atoms with Gasteiger partial charge in [-0.05, 0) is 56.3 Å². The maximum Gasteiger partial charge on any atom is 0.0902 e. The molecule has 266 valence electrons. The molecule has 0 saturated carbocycles. The summed E-state index contributed by atoms with van der Waals surface area (Å²) in [6.45, 7) is 3.75. The first-order chi connectivity index (χ1) is 26.8. The average molecular weight is 703 g/mol. The molecule has 5 aliphatic rings. The standard InChI is InChI=1S/C50H46N4/c1-5-17-37(18-6-1)49(38-19-7-2-8-20-38)53-31-29-51(35-53)33-45-46(48-43-27-15-13-25-41(43)47(45)42-26-14-16-28-44(42)48)34-52-30-32-54(36-52)50(39-21-9-3-10-22-39)40-23-11-4-12-24-40/h1-32,45-50H,33-36H2. The lowest BCUT2D eigenvalue weighted by atomic mass is 9.54. The number of nitrogens with zero attached hydrogens (tertiary/aromatic N) is 4. The van der Waals surface area contributed by atoms with Crippen molar-refractivity contribution in [3.05, 3.63) is 239 Å². The predicted molar refractivity (Wildman–Crippen MR) is 218 cm³/mol. The van der Waals surface area contributed by atoms with Gasteiger partial charge in [-0.15, -0.1) is 0 Å². The molecule has 0 fully saturated rings. The molecule has 2 aliphatic heterocycles. The summed E-state index contributed by atoms with van der Waals surface area (Å²) in [7, 11) is 0.